The van der Waals surface area contributed by atoms with Gasteiger partial charge in [-0.1, -0.05) is 22.9 Å². The lowest BCUT2D eigenvalue weighted by Crippen LogP contribution is -2.34. The highest BCUT2D eigenvalue weighted by atomic mass is 79.9. The summed E-state index contributed by atoms with van der Waals surface area (Å²) in [5.74, 6) is 0.356. The van der Waals surface area contributed by atoms with Crippen LogP contribution in [0.1, 0.15) is 30.6 Å². The van der Waals surface area contributed by atoms with Gasteiger partial charge < -0.3 is 10.1 Å². The molecule has 0 aromatic carbocycles. The van der Waals surface area contributed by atoms with Gasteiger partial charge in [-0.25, -0.2) is 0 Å². The number of carbonyl (C=O) groups excluding carboxylic acids is 1. The number of aromatic nitrogens is 1. The van der Waals surface area contributed by atoms with Gasteiger partial charge in [0.25, 0.3) is 5.91 Å². The van der Waals surface area contributed by atoms with E-state index >= 15 is 0 Å². The molecule has 0 aliphatic heterocycles. The number of alkyl halides is 1. The van der Waals surface area contributed by atoms with Gasteiger partial charge in [0.1, 0.15) is 5.75 Å². The van der Waals surface area contributed by atoms with E-state index in [1.165, 1.54) is 13.3 Å². The fourth-order valence-electron chi connectivity index (χ4n) is 1.58. The summed E-state index contributed by atoms with van der Waals surface area (Å²) in [4.78, 5) is 16.3. The number of hydrogen-bond donors (Lipinski definition) is 1. The van der Waals surface area contributed by atoms with Gasteiger partial charge in [0.2, 0.25) is 0 Å². The molecule has 0 fully saturated rings. The molecule has 1 N–H and O–H groups in total. The number of halogens is 1. The fourth-order valence-corrected chi connectivity index (χ4v) is 2.14. The SMILES string of the molecule is COc1cnccc1C(=O)NC(C)CC(C)Br. The molecule has 0 saturated heterocycles. The molecule has 0 aliphatic rings. The third-order valence-electron chi connectivity index (χ3n) is 2.30. The van der Waals surface area contributed by atoms with E-state index in [0.29, 0.717) is 16.1 Å². The van der Waals surface area contributed by atoms with E-state index in [2.05, 4.69) is 33.2 Å². The van der Waals surface area contributed by atoms with Crippen LogP contribution >= 0.6 is 15.9 Å². The van der Waals surface area contributed by atoms with E-state index in [9.17, 15) is 4.79 Å². The number of pyridine rings is 1. The van der Waals surface area contributed by atoms with E-state index in [-0.39, 0.29) is 11.9 Å². The van der Waals surface area contributed by atoms with Crippen LogP contribution in [0.3, 0.4) is 0 Å². The summed E-state index contributed by atoms with van der Waals surface area (Å²) in [6.45, 7) is 4.03. The van der Waals surface area contributed by atoms with Crippen LogP contribution in [-0.4, -0.2) is 28.9 Å². The Hall–Kier alpha value is -1.10. The zero-order valence-corrected chi connectivity index (χ0v) is 11.8. The minimum Gasteiger partial charge on any atom is -0.494 e. The summed E-state index contributed by atoms with van der Waals surface area (Å²) < 4.78 is 5.10. The maximum atomic E-state index is 12.0. The maximum Gasteiger partial charge on any atom is 0.255 e. The molecule has 17 heavy (non-hydrogen) atoms. The number of hydrogen-bond acceptors (Lipinski definition) is 3. The molecule has 2 unspecified atom stereocenters. The Morgan fingerprint density at radius 3 is 2.88 bits per heavy atom. The van der Waals surface area contributed by atoms with Crippen molar-refractivity contribution in [3.8, 4) is 5.75 Å². The minimum atomic E-state index is -0.134. The maximum absolute atomic E-state index is 12.0. The Kier molecular flexibility index (Phi) is 5.41. The van der Waals surface area contributed by atoms with E-state index < -0.39 is 0 Å². The second-order valence-corrected chi connectivity index (χ2v) is 5.53. The molecule has 0 radical (unpaired) electrons. The monoisotopic (exact) mass is 300 g/mol. The van der Waals surface area contributed by atoms with Crippen molar-refractivity contribution in [3.05, 3.63) is 24.0 Å². The highest BCUT2D eigenvalue weighted by molar-refractivity contribution is 9.09. The number of nitrogens with one attached hydrogen (secondary N) is 1. The van der Waals surface area contributed by atoms with Crippen molar-refractivity contribution < 1.29 is 9.53 Å². The van der Waals surface area contributed by atoms with E-state index in [1.807, 2.05) is 6.92 Å². The molecule has 0 spiro atoms. The third-order valence-corrected chi connectivity index (χ3v) is 2.68. The second kappa shape index (κ2) is 6.59. The molecule has 0 bridgehead atoms. The largest absolute Gasteiger partial charge is 0.494 e. The molecule has 1 amide bonds. The Labute approximate surface area is 110 Å². The average Bonchev–Trinajstić information content (AvgIpc) is 2.27. The van der Waals surface area contributed by atoms with Crippen LogP contribution in [0.4, 0.5) is 0 Å². The Balaban J connectivity index is 2.69. The topological polar surface area (TPSA) is 51.2 Å². The van der Waals surface area contributed by atoms with Gasteiger partial charge >= 0.3 is 0 Å². The van der Waals surface area contributed by atoms with Gasteiger partial charge in [-0.05, 0) is 19.4 Å². The minimum absolute atomic E-state index is 0.106. The average molecular weight is 301 g/mol. The van der Waals surface area contributed by atoms with Crippen molar-refractivity contribution in [1.82, 2.24) is 10.3 Å². The van der Waals surface area contributed by atoms with Crippen molar-refractivity contribution in [2.75, 3.05) is 7.11 Å². The van der Waals surface area contributed by atoms with Crippen LogP contribution in [0, 0.1) is 0 Å². The lowest BCUT2D eigenvalue weighted by Gasteiger charge is -2.16. The number of nitrogens with zero attached hydrogens (tertiary/aromatic N) is 1. The molecular weight excluding hydrogens is 284 g/mol. The van der Waals surface area contributed by atoms with Crippen molar-refractivity contribution >= 4 is 21.8 Å². The van der Waals surface area contributed by atoms with E-state index in [1.54, 1.807) is 12.3 Å². The van der Waals surface area contributed by atoms with Crippen LogP contribution < -0.4 is 10.1 Å². The Morgan fingerprint density at radius 2 is 2.29 bits per heavy atom. The molecule has 0 aliphatic carbocycles. The number of methoxy groups -OCH3 is 1. The van der Waals surface area contributed by atoms with E-state index in [4.69, 9.17) is 4.74 Å². The van der Waals surface area contributed by atoms with Gasteiger partial charge in [-0.2, -0.15) is 0 Å². The Morgan fingerprint density at radius 1 is 1.59 bits per heavy atom. The highest BCUT2D eigenvalue weighted by Gasteiger charge is 2.15. The summed E-state index contributed by atoms with van der Waals surface area (Å²) in [6, 6.07) is 1.76. The molecule has 1 aromatic heterocycles. The van der Waals surface area contributed by atoms with Crippen LogP contribution in [0.2, 0.25) is 0 Å². The summed E-state index contributed by atoms with van der Waals surface area (Å²) in [7, 11) is 1.53. The first-order valence-electron chi connectivity index (χ1n) is 5.47. The first-order chi connectivity index (χ1) is 8.04. The number of amides is 1. The lowest BCUT2D eigenvalue weighted by molar-refractivity contribution is 0.0935. The molecule has 1 aromatic rings. The number of rotatable bonds is 5. The molecule has 5 heteroatoms. The molecular formula is C12H17BrN2O2. The second-order valence-electron chi connectivity index (χ2n) is 3.97. The lowest BCUT2D eigenvalue weighted by atomic mass is 10.1. The van der Waals surface area contributed by atoms with Crippen molar-refractivity contribution in [2.24, 2.45) is 0 Å². The predicted octanol–water partition coefficient (Wildman–Crippen LogP) is 2.38. The standard InChI is InChI=1S/C12H17BrN2O2/c1-8(13)6-9(2)15-12(16)10-4-5-14-7-11(10)17-3/h4-5,7-9H,6H2,1-3H3,(H,15,16). The predicted molar refractivity (Wildman–Crippen MR) is 70.7 cm³/mol. The molecule has 94 valence electrons. The molecule has 0 saturated carbocycles. The molecule has 4 nitrogen and oxygen atoms in total. The normalized spacial score (nSPS) is 13.9. The van der Waals surface area contributed by atoms with Crippen LogP contribution in [-0.2, 0) is 0 Å². The zero-order valence-electron chi connectivity index (χ0n) is 10.2. The van der Waals surface area contributed by atoms with Crippen molar-refractivity contribution in [3.63, 3.8) is 0 Å². The number of ether oxygens (including phenoxy) is 1. The first kappa shape index (κ1) is 14.0. The summed E-state index contributed by atoms with van der Waals surface area (Å²) in [6.07, 6.45) is 3.99. The first-order valence-corrected chi connectivity index (χ1v) is 6.39. The smallest absolute Gasteiger partial charge is 0.255 e. The third kappa shape index (κ3) is 4.34. The summed E-state index contributed by atoms with van der Waals surface area (Å²) in [5, 5.41) is 2.93. The summed E-state index contributed by atoms with van der Waals surface area (Å²) >= 11 is 3.46. The van der Waals surface area contributed by atoms with Crippen LogP contribution in [0.15, 0.2) is 18.5 Å². The number of carbonyl (C=O) groups is 1. The fraction of sp³-hybridized carbons (Fsp3) is 0.500. The van der Waals surface area contributed by atoms with Crippen molar-refractivity contribution in [2.45, 2.75) is 31.1 Å². The summed E-state index contributed by atoms with van der Waals surface area (Å²) in [5.41, 5.74) is 0.511. The van der Waals surface area contributed by atoms with Gasteiger partial charge in [-0.15, -0.1) is 0 Å². The molecule has 1 rings (SSSR count). The zero-order chi connectivity index (χ0) is 12.8. The molecule has 1 heterocycles. The molecule has 2 atom stereocenters. The Bertz CT molecular complexity index is 383. The van der Waals surface area contributed by atoms with E-state index in [0.717, 1.165) is 6.42 Å². The highest BCUT2D eigenvalue weighted by Crippen LogP contribution is 2.16. The van der Waals surface area contributed by atoms with Gasteiger partial charge in [0.15, 0.2) is 0 Å². The van der Waals surface area contributed by atoms with Gasteiger partial charge in [0, 0.05) is 17.1 Å². The van der Waals surface area contributed by atoms with Crippen LogP contribution in [0.5, 0.6) is 5.75 Å². The quantitative estimate of drug-likeness (QED) is 0.850. The van der Waals surface area contributed by atoms with Crippen molar-refractivity contribution in [1.29, 1.82) is 0 Å². The van der Waals surface area contributed by atoms with Crippen LogP contribution in [0.25, 0.3) is 0 Å². The van der Waals surface area contributed by atoms with Gasteiger partial charge in [-0.3, -0.25) is 9.78 Å². The van der Waals surface area contributed by atoms with Gasteiger partial charge in [0.05, 0.1) is 18.9 Å².